The molecule has 0 saturated carbocycles. The molecular formula is C13H19N3O2. The summed E-state index contributed by atoms with van der Waals surface area (Å²) in [5.41, 5.74) is 6.25. The Balaban J connectivity index is 1.73. The van der Waals surface area contributed by atoms with Gasteiger partial charge in [0.25, 0.3) is 5.91 Å². The fourth-order valence-corrected chi connectivity index (χ4v) is 2.04. The van der Waals surface area contributed by atoms with Crippen molar-refractivity contribution in [3.05, 3.63) is 24.3 Å². The number of anilines is 1. The molecule has 0 radical (unpaired) electrons. The van der Waals surface area contributed by atoms with Gasteiger partial charge >= 0.3 is 0 Å². The van der Waals surface area contributed by atoms with E-state index in [0.717, 1.165) is 19.5 Å². The van der Waals surface area contributed by atoms with Crippen molar-refractivity contribution in [3.63, 3.8) is 0 Å². The lowest BCUT2D eigenvalue weighted by atomic mass is 10.2. The topological polar surface area (TPSA) is 67.6 Å². The highest BCUT2D eigenvalue weighted by Crippen LogP contribution is 2.13. The molecule has 3 N–H and O–H groups in total. The van der Waals surface area contributed by atoms with Gasteiger partial charge in [-0.15, -0.1) is 0 Å². The fraction of sp³-hybridized carbons (Fsp3) is 0.462. The number of nitrogens with two attached hydrogens (primary N) is 1. The first kappa shape index (κ1) is 12.7. The number of nitrogens with one attached hydrogen (secondary N) is 1. The first-order chi connectivity index (χ1) is 8.63. The summed E-state index contributed by atoms with van der Waals surface area (Å²) in [6.07, 6.45) is 1.00. The predicted molar refractivity (Wildman–Crippen MR) is 70.4 cm³/mol. The number of hydrogen-bond acceptors (Lipinski definition) is 4. The zero-order valence-corrected chi connectivity index (χ0v) is 10.6. The molecular weight excluding hydrogens is 230 g/mol. The van der Waals surface area contributed by atoms with Gasteiger partial charge in [0, 0.05) is 18.3 Å². The van der Waals surface area contributed by atoms with Gasteiger partial charge in [0.15, 0.2) is 6.61 Å². The third-order valence-electron chi connectivity index (χ3n) is 3.01. The normalized spacial score (nSPS) is 19.7. The van der Waals surface area contributed by atoms with Crippen LogP contribution in [0.1, 0.15) is 6.42 Å². The highest BCUT2D eigenvalue weighted by atomic mass is 16.5. The highest BCUT2D eigenvalue weighted by molar-refractivity contribution is 5.77. The van der Waals surface area contributed by atoms with E-state index in [-0.39, 0.29) is 18.6 Å². The zero-order chi connectivity index (χ0) is 13.0. The lowest BCUT2D eigenvalue weighted by Gasteiger charge is -2.13. The summed E-state index contributed by atoms with van der Waals surface area (Å²) in [6.45, 7) is 1.99. The Morgan fingerprint density at radius 1 is 1.50 bits per heavy atom. The molecule has 2 rings (SSSR count). The van der Waals surface area contributed by atoms with Crippen LogP contribution in [0.3, 0.4) is 0 Å². The van der Waals surface area contributed by atoms with Crippen molar-refractivity contribution < 1.29 is 9.53 Å². The highest BCUT2D eigenvalue weighted by Gasteiger charge is 2.20. The lowest BCUT2D eigenvalue weighted by Crippen LogP contribution is -2.39. The quantitative estimate of drug-likeness (QED) is 0.761. The summed E-state index contributed by atoms with van der Waals surface area (Å²) >= 11 is 0. The van der Waals surface area contributed by atoms with Crippen LogP contribution in [0.2, 0.25) is 0 Å². The van der Waals surface area contributed by atoms with Crippen molar-refractivity contribution in [3.8, 4) is 5.75 Å². The molecule has 1 aliphatic heterocycles. The molecule has 1 unspecified atom stereocenters. The van der Waals surface area contributed by atoms with Crippen molar-refractivity contribution in [2.45, 2.75) is 12.5 Å². The summed E-state index contributed by atoms with van der Waals surface area (Å²) < 4.78 is 5.38. The smallest absolute Gasteiger partial charge is 0.258 e. The average Bonchev–Trinajstić information content (AvgIpc) is 2.74. The van der Waals surface area contributed by atoms with Gasteiger partial charge in [0.05, 0.1) is 0 Å². The molecule has 0 aromatic heterocycles. The Bertz CT molecular complexity index is 405. The Morgan fingerprint density at radius 2 is 2.22 bits per heavy atom. The van der Waals surface area contributed by atoms with Gasteiger partial charge in [-0.3, -0.25) is 4.79 Å². The second-order valence-corrected chi connectivity index (χ2v) is 4.67. The molecule has 18 heavy (non-hydrogen) atoms. The number of benzene rings is 1. The van der Waals surface area contributed by atoms with E-state index in [2.05, 4.69) is 17.3 Å². The minimum atomic E-state index is -0.0767. The number of hydrogen-bond donors (Lipinski definition) is 2. The van der Waals surface area contributed by atoms with E-state index in [4.69, 9.17) is 10.5 Å². The van der Waals surface area contributed by atoms with E-state index < -0.39 is 0 Å². The number of carbonyl (C=O) groups is 1. The number of likely N-dealkylation sites (tertiary alicyclic amines) is 1. The van der Waals surface area contributed by atoms with Crippen LogP contribution in [0.5, 0.6) is 5.75 Å². The molecule has 1 heterocycles. The fourth-order valence-electron chi connectivity index (χ4n) is 2.04. The molecule has 0 spiro atoms. The largest absolute Gasteiger partial charge is 0.484 e. The molecule has 1 fully saturated rings. The summed E-state index contributed by atoms with van der Waals surface area (Å²) in [7, 11) is 2.05. The SMILES string of the molecule is CN1CCC(NC(=O)COc2ccc(N)cc2)C1. The van der Waals surface area contributed by atoms with Crippen LogP contribution in [0.15, 0.2) is 24.3 Å². The Kier molecular flexibility index (Phi) is 4.04. The van der Waals surface area contributed by atoms with Crippen LogP contribution in [-0.2, 0) is 4.79 Å². The van der Waals surface area contributed by atoms with Gasteiger partial charge in [-0.1, -0.05) is 0 Å². The van der Waals surface area contributed by atoms with Gasteiger partial charge in [-0.05, 0) is 44.3 Å². The number of rotatable bonds is 4. The van der Waals surface area contributed by atoms with Gasteiger partial charge in [-0.2, -0.15) is 0 Å². The predicted octanol–water partition coefficient (Wildman–Crippen LogP) is 0.468. The summed E-state index contributed by atoms with van der Waals surface area (Å²) in [5.74, 6) is 0.579. The molecule has 98 valence electrons. The van der Waals surface area contributed by atoms with E-state index in [0.29, 0.717) is 11.4 Å². The van der Waals surface area contributed by atoms with Crippen LogP contribution in [0.4, 0.5) is 5.69 Å². The second kappa shape index (κ2) is 5.73. The maximum Gasteiger partial charge on any atom is 0.258 e. The number of carbonyl (C=O) groups excluding carboxylic acids is 1. The molecule has 1 aromatic rings. The van der Waals surface area contributed by atoms with Crippen molar-refractivity contribution >= 4 is 11.6 Å². The van der Waals surface area contributed by atoms with E-state index in [1.165, 1.54) is 0 Å². The lowest BCUT2D eigenvalue weighted by molar-refractivity contribution is -0.123. The molecule has 1 aromatic carbocycles. The van der Waals surface area contributed by atoms with E-state index in [9.17, 15) is 4.79 Å². The molecule has 5 nitrogen and oxygen atoms in total. The van der Waals surface area contributed by atoms with E-state index in [1.807, 2.05) is 0 Å². The third-order valence-corrected chi connectivity index (χ3v) is 3.01. The summed E-state index contributed by atoms with van der Waals surface area (Å²) in [6, 6.07) is 7.26. The third kappa shape index (κ3) is 3.63. The molecule has 1 aliphatic rings. The Labute approximate surface area is 107 Å². The summed E-state index contributed by atoms with van der Waals surface area (Å²) in [4.78, 5) is 13.9. The van der Waals surface area contributed by atoms with E-state index in [1.54, 1.807) is 24.3 Å². The van der Waals surface area contributed by atoms with Gasteiger partial charge < -0.3 is 20.7 Å². The molecule has 1 saturated heterocycles. The van der Waals surface area contributed by atoms with Crippen LogP contribution in [-0.4, -0.2) is 43.6 Å². The van der Waals surface area contributed by atoms with Gasteiger partial charge in [-0.25, -0.2) is 0 Å². The standard InChI is InChI=1S/C13H19N3O2/c1-16-7-6-11(8-16)15-13(17)9-18-12-4-2-10(14)3-5-12/h2-5,11H,6-9,14H2,1H3,(H,15,17). The van der Waals surface area contributed by atoms with Crippen molar-refractivity contribution in [2.24, 2.45) is 0 Å². The number of nitrogen functional groups attached to an aromatic ring is 1. The first-order valence-electron chi connectivity index (χ1n) is 6.10. The van der Waals surface area contributed by atoms with Crippen LogP contribution >= 0.6 is 0 Å². The maximum atomic E-state index is 11.7. The number of likely N-dealkylation sites (N-methyl/N-ethyl adjacent to an activating group) is 1. The average molecular weight is 249 g/mol. The van der Waals surface area contributed by atoms with Crippen molar-refractivity contribution in [2.75, 3.05) is 32.5 Å². The maximum absolute atomic E-state index is 11.7. The number of amides is 1. The van der Waals surface area contributed by atoms with Crippen LogP contribution in [0.25, 0.3) is 0 Å². The second-order valence-electron chi connectivity index (χ2n) is 4.67. The van der Waals surface area contributed by atoms with Crippen molar-refractivity contribution in [1.82, 2.24) is 10.2 Å². The van der Waals surface area contributed by atoms with Gasteiger partial charge in [0.1, 0.15) is 5.75 Å². The van der Waals surface area contributed by atoms with Gasteiger partial charge in [0.2, 0.25) is 0 Å². The summed E-state index contributed by atoms with van der Waals surface area (Å²) in [5, 5.41) is 2.96. The minimum absolute atomic E-state index is 0.0458. The molecule has 5 heteroatoms. The molecule has 0 aliphatic carbocycles. The molecule has 0 bridgehead atoms. The monoisotopic (exact) mass is 249 g/mol. The van der Waals surface area contributed by atoms with Crippen molar-refractivity contribution in [1.29, 1.82) is 0 Å². The number of nitrogens with zero attached hydrogens (tertiary/aromatic N) is 1. The first-order valence-corrected chi connectivity index (χ1v) is 6.10. The minimum Gasteiger partial charge on any atom is -0.484 e. The number of ether oxygens (including phenoxy) is 1. The van der Waals surface area contributed by atoms with Crippen LogP contribution in [0, 0.1) is 0 Å². The van der Waals surface area contributed by atoms with E-state index >= 15 is 0 Å². The molecule has 1 atom stereocenters. The van der Waals surface area contributed by atoms with Crippen LogP contribution < -0.4 is 15.8 Å². The molecule has 1 amide bonds. The Hall–Kier alpha value is -1.75. The zero-order valence-electron chi connectivity index (χ0n) is 10.6. The Morgan fingerprint density at radius 3 is 2.83 bits per heavy atom.